The van der Waals surface area contributed by atoms with Gasteiger partial charge in [-0.15, -0.1) is 11.3 Å². The van der Waals surface area contributed by atoms with E-state index in [4.69, 9.17) is 0 Å². The largest absolute Gasteiger partial charge is 0.471 e. The van der Waals surface area contributed by atoms with Crippen LogP contribution in [-0.2, 0) is 4.79 Å². The first-order valence-corrected chi connectivity index (χ1v) is 5.73. The maximum Gasteiger partial charge on any atom is 0.471 e. The highest BCUT2D eigenvalue weighted by Gasteiger charge is 2.39. The van der Waals surface area contributed by atoms with Crippen molar-refractivity contribution in [3.05, 3.63) is 22.5 Å². The zero-order valence-corrected chi connectivity index (χ0v) is 9.95. The van der Waals surface area contributed by atoms with Crippen LogP contribution >= 0.6 is 11.3 Å². The molecule has 2 N–H and O–H groups in total. The predicted molar refractivity (Wildman–Crippen MR) is 61.3 cm³/mol. The molecule has 4 nitrogen and oxygen atoms in total. The second-order valence-corrected chi connectivity index (χ2v) is 4.65. The number of aromatic amines is 1. The molecular formula is C10H8F3N3OS. The predicted octanol–water partition coefficient (Wildman–Crippen LogP) is 2.95. The summed E-state index contributed by atoms with van der Waals surface area (Å²) in [5.41, 5.74) is 1.28. The molecule has 2 heterocycles. The Balaban J connectivity index is 2.14. The fraction of sp³-hybridized carbons (Fsp3) is 0.200. The number of hydrogen-bond donors (Lipinski definition) is 2. The lowest BCUT2D eigenvalue weighted by molar-refractivity contribution is -0.167. The quantitative estimate of drug-likeness (QED) is 0.885. The van der Waals surface area contributed by atoms with Crippen LogP contribution in [0.4, 0.5) is 19.1 Å². The number of amides is 1. The smallest absolute Gasteiger partial charge is 0.330 e. The fourth-order valence-electron chi connectivity index (χ4n) is 1.29. The van der Waals surface area contributed by atoms with E-state index >= 15 is 0 Å². The van der Waals surface area contributed by atoms with Crippen LogP contribution in [0.25, 0.3) is 11.3 Å². The summed E-state index contributed by atoms with van der Waals surface area (Å²) in [5, 5.41) is 3.49. The van der Waals surface area contributed by atoms with E-state index in [-0.39, 0.29) is 5.95 Å². The number of anilines is 1. The third kappa shape index (κ3) is 2.70. The van der Waals surface area contributed by atoms with Gasteiger partial charge in [-0.05, 0) is 13.0 Å². The lowest BCUT2D eigenvalue weighted by Crippen LogP contribution is -2.30. The van der Waals surface area contributed by atoms with Crippen molar-refractivity contribution in [1.82, 2.24) is 9.97 Å². The highest BCUT2D eigenvalue weighted by atomic mass is 32.1. The van der Waals surface area contributed by atoms with Gasteiger partial charge in [-0.3, -0.25) is 10.1 Å². The Morgan fingerprint density at radius 2 is 2.22 bits per heavy atom. The van der Waals surface area contributed by atoms with Crippen molar-refractivity contribution in [2.45, 2.75) is 13.1 Å². The zero-order valence-electron chi connectivity index (χ0n) is 9.13. The second-order valence-electron chi connectivity index (χ2n) is 3.53. The van der Waals surface area contributed by atoms with Crippen molar-refractivity contribution < 1.29 is 18.0 Å². The average molecular weight is 275 g/mol. The van der Waals surface area contributed by atoms with Crippen LogP contribution < -0.4 is 5.32 Å². The molecule has 96 valence electrons. The molecule has 0 aliphatic carbocycles. The molecule has 0 aromatic carbocycles. The molecule has 0 unspecified atom stereocenters. The Morgan fingerprint density at radius 1 is 1.50 bits per heavy atom. The van der Waals surface area contributed by atoms with Gasteiger partial charge in [0.05, 0.1) is 5.69 Å². The number of hydrogen-bond acceptors (Lipinski definition) is 3. The van der Waals surface area contributed by atoms with Crippen molar-refractivity contribution in [1.29, 1.82) is 0 Å². The number of aromatic nitrogens is 2. The first-order chi connectivity index (χ1) is 8.36. The van der Waals surface area contributed by atoms with Crippen molar-refractivity contribution >= 4 is 23.2 Å². The van der Waals surface area contributed by atoms with E-state index in [1.165, 1.54) is 17.5 Å². The van der Waals surface area contributed by atoms with E-state index in [1.54, 1.807) is 5.32 Å². The molecule has 2 rings (SSSR count). The van der Waals surface area contributed by atoms with Gasteiger partial charge in [-0.25, -0.2) is 4.98 Å². The Morgan fingerprint density at radius 3 is 2.78 bits per heavy atom. The minimum Gasteiger partial charge on any atom is -0.330 e. The Labute approximate surface area is 104 Å². The van der Waals surface area contributed by atoms with Gasteiger partial charge in [-0.1, -0.05) is 0 Å². The highest BCUT2D eigenvalue weighted by Crippen LogP contribution is 2.25. The normalized spacial score (nSPS) is 11.6. The summed E-state index contributed by atoms with van der Waals surface area (Å²) in [7, 11) is 0. The number of thiophene rings is 1. The molecule has 1 amide bonds. The van der Waals surface area contributed by atoms with Gasteiger partial charge >= 0.3 is 12.1 Å². The number of nitrogens with one attached hydrogen (secondary N) is 2. The number of alkyl halides is 3. The van der Waals surface area contributed by atoms with Crippen LogP contribution in [0.5, 0.6) is 0 Å². The lowest BCUT2D eigenvalue weighted by Gasteiger charge is -2.04. The molecule has 8 heteroatoms. The van der Waals surface area contributed by atoms with Gasteiger partial charge in [0.1, 0.15) is 0 Å². The Hall–Kier alpha value is -1.83. The molecular weight excluding hydrogens is 267 g/mol. The monoisotopic (exact) mass is 275 g/mol. The van der Waals surface area contributed by atoms with E-state index in [0.717, 1.165) is 10.4 Å². The molecule has 18 heavy (non-hydrogen) atoms. The summed E-state index contributed by atoms with van der Waals surface area (Å²) in [6.07, 6.45) is -3.49. The van der Waals surface area contributed by atoms with Crippen molar-refractivity contribution in [2.24, 2.45) is 0 Å². The Kier molecular flexibility index (Phi) is 3.12. The van der Waals surface area contributed by atoms with Crippen molar-refractivity contribution in [2.75, 3.05) is 5.32 Å². The summed E-state index contributed by atoms with van der Waals surface area (Å²) in [5.74, 6) is -2.28. The number of imidazole rings is 1. The Bertz CT molecular complexity index is 573. The number of halogens is 3. The minimum atomic E-state index is -4.92. The molecule has 0 fully saturated rings. The molecule has 0 saturated carbocycles. The number of rotatable bonds is 2. The number of aryl methyl sites for hydroxylation is 1. The van der Waals surface area contributed by atoms with Crippen LogP contribution in [-0.4, -0.2) is 22.1 Å². The van der Waals surface area contributed by atoms with Gasteiger partial charge in [-0.2, -0.15) is 13.2 Å². The molecule has 0 spiro atoms. The van der Waals surface area contributed by atoms with E-state index in [2.05, 4.69) is 9.97 Å². The molecule has 0 atom stereocenters. The van der Waals surface area contributed by atoms with Crippen LogP contribution in [0, 0.1) is 6.92 Å². The van der Waals surface area contributed by atoms with E-state index in [1.807, 2.05) is 18.4 Å². The number of H-pyrrole nitrogens is 1. The van der Waals surface area contributed by atoms with Crippen LogP contribution in [0.2, 0.25) is 0 Å². The first-order valence-electron chi connectivity index (χ1n) is 4.85. The molecule has 2 aromatic heterocycles. The molecule has 0 aliphatic heterocycles. The summed E-state index contributed by atoms with van der Waals surface area (Å²) in [6, 6.07) is 1.86. The maximum atomic E-state index is 12.0. The topological polar surface area (TPSA) is 57.8 Å². The zero-order chi connectivity index (χ0) is 13.3. The van der Waals surface area contributed by atoms with Gasteiger partial charge in [0.2, 0.25) is 5.95 Å². The highest BCUT2D eigenvalue weighted by molar-refractivity contribution is 7.10. The van der Waals surface area contributed by atoms with E-state index < -0.39 is 12.1 Å². The minimum absolute atomic E-state index is 0.226. The summed E-state index contributed by atoms with van der Waals surface area (Å²) in [6.45, 7) is 1.91. The lowest BCUT2D eigenvalue weighted by atomic mass is 10.2. The third-order valence-electron chi connectivity index (χ3n) is 2.09. The van der Waals surface area contributed by atoms with Gasteiger partial charge in [0.15, 0.2) is 0 Å². The molecule has 2 aromatic rings. The standard InChI is InChI=1S/C10H8F3N3OS/c1-5-2-6(4-18-5)7-3-14-9(15-7)16-8(17)10(11,12)13/h2-4H,1H3,(H2,14,15,16,17). The molecule has 0 radical (unpaired) electrons. The van der Waals surface area contributed by atoms with Gasteiger partial charge < -0.3 is 4.98 Å². The molecule has 0 bridgehead atoms. The van der Waals surface area contributed by atoms with E-state index in [9.17, 15) is 18.0 Å². The van der Waals surface area contributed by atoms with Crippen molar-refractivity contribution in [3.63, 3.8) is 0 Å². The third-order valence-corrected chi connectivity index (χ3v) is 2.95. The average Bonchev–Trinajstić information content (AvgIpc) is 2.85. The molecule has 0 aliphatic rings. The maximum absolute atomic E-state index is 12.0. The summed E-state index contributed by atoms with van der Waals surface area (Å²) >= 11 is 1.51. The van der Waals surface area contributed by atoms with Crippen molar-refractivity contribution in [3.8, 4) is 11.3 Å². The van der Waals surface area contributed by atoms with Crippen LogP contribution in [0.15, 0.2) is 17.6 Å². The number of carbonyl (C=O) groups excluding carboxylic acids is 1. The first kappa shape index (κ1) is 12.6. The molecule has 0 saturated heterocycles. The fourth-order valence-corrected chi connectivity index (χ4v) is 1.99. The van der Waals surface area contributed by atoms with Crippen LogP contribution in [0.1, 0.15) is 4.88 Å². The summed E-state index contributed by atoms with van der Waals surface area (Å²) < 4.78 is 36.0. The van der Waals surface area contributed by atoms with Crippen LogP contribution in [0.3, 0.4) is 0 Å². The number of carbonyl (C=O) groups is 1. The second kappa shape index (κ2) is 4.45. The number of nitrogens with zero attached hydrogens (tertiary/aromatic N) is 1. The summed E-state index contributed by atoms with van der Waals surface area (Å²) in [4.78, 5) is 18.1. The van der Waals surface area contributed by atoms with Gasteiger partial charge in [0, 0.05) is 22.0 Å². The SMILES string of the molecule is Cc1cc(-c2c[nH]c(NC(=O)C(F)(F)F)n2)cs1. The van der Waals surface area contributed by atoms with Gasteiger partial charge in [0.25, 0.3) is 0 Å². The van der Waals surface area contributed by atoms with E-state index in [0.29, 0.717) is 5.69 Å².